The fourth-order valence-corrected chi connectivity index (χ4v) is 3.35. The highest BCUT2D eigenvalue weighted by Gasteiger charge is 2.23. The molecule has 0 saturated carbocycles. The molecule has 0 spiro atoms. The van der Waals surface area contributed by atoms with Crippen molar-refractivity contribution in [2.75, 3.05) is 19.5 Å². The summed E-state index contributed by atoms with van der Waals surface area (Å²) in [5.74, 6) is -0.588. The first-order valence-corrected chi connectivity index (χ1v) is 9.91. The maximum absolute atomic E-state index is 13.0. The zero-order valence-electron chi connectivity index (χ0n) is 18.9. The summed E-state index contributed by atoms with van der Waals surface area (Å²) < 4.78 is 13.2. The normalized spacial score (nSPS) is 11.0. The standard InChI is InChI=1S/C23H21N5O6/c1-14-21(23(30)27(26(14)2)17-8-6-5-7-9-17)25-22(29)16(13-24)10-15-11-19(33-3)20(34-4)12-18(15)28(31)32/h5-12H,1-4H3,(H,25,29)/b16-10+. The molecule has 3 aromatic rings. The fourth-order valence-electron chi connectivity index (χ4n) is 3.35. The molecule has 0 unspecified atom stereocenters. The number of anilines is 1. The first-order valence-electron chi connectivity index (χ1n) is 9.91. The third-order valence-electron chi connectivity index (χ3n) is 5.19. The first kappa shape index (κ1) is 23.8. The van der Waals surface area contributed by atoms with Gasteiger partial charge in [-0.3, -0.25) is 24.4 Å². The van der Waals surface area contributed by atoms with E-state index in [1.165, 1.54) is 25.0 Å². The summed E-state index contributed by atoms with van der Waals surface area (Å²) in [6, 6.07) is 13.0. The lowest BCUT2D eigenvalue weighted by Crippen LogP contribution is -2.23. The van der Waals surface area contributed by atoms with Gasteiger partial charge in [0, 0.05) is 7.05 Å². The molecule has 0 atom stereocenters. The molecule has 0 aliphatic heterocycles. The SMILES string of the molecule is COc1cc(/C=C(\C#N)C(=O)Nc2c(C)n(C)n(-c3ccccc3)c2=O)c([N+](=O)[O-])cc1OC. The van der Waals surface area contributed by atoms with Crippen LogP contribution in [-0.4, -0.2) is 34.4 Å². The number of nitro groups is 1. The zero-order valence-corrected chi connectivity index (χ0v) is 18.9. The lowest BCUT2D eigenvalue weighted by Gasteiger charge is -2.09. The molecular formula is C23H21N5O6. The molecule has 174 valence electrons. The Kier molecular flexibility index (Phi) is 6.82. The number of amides is 1. The highest BCUT2D eigenvalue weighted by atomic mass is 16.6. The molecule has 0 fully saturated rings. The van der Waals surface area contributed by atoms with E-state index in [1.54, 1.807) is 49.0 Å². The van der Waals surface area contributed by atoms with Crippen molar-refractivity contribution >= 4 is 23.4 Å². The average Bonchev–Trinajstić information content (AvgIpc) is 3.05. The van der Waals surface area contributed by atoms with Gasteiger partial charge in [0.05, 0.1) is 42.2 Å². The molecule has 11 heteroatoms. The highest BCUT2D eigenvalue weighted by molar-refractivity contribution is 6.10. The van der Waals surface area contributed by atoms with Crippen molar-refractivity contribution in [1.29, 1.82) is 5.26 Å². The third kappa shape index (κ3) is 4.37. The smallest absolute Gasteiger partial charge is 0.295 e. The van der Waals surface area contributed by atoms with Crippen LogP contribution in [0.2, 0.25) is 0 Å². The number of benzene rings is 2. The second-order valence-electron chi connectivity index (χ2n) is 7.08. The van der Waals surface area contributed by atoms with Gasteiger partial charge in [0.25, 0.3) is 17.2 Å². The first-order chi connectivity index (χ1) is 16.2. The van der Waals surface area contributed by atoms with E-state index in [9.17, 15) is 25.0 Å². The van der Waals surface area contributed by atoms with Gasteiger partial charge in [-0.2, -0.15) is 5.26 Å². The Hall–Kier alpha value is -4.85. The quantitative estimate of drug-likeness (QED) is 0.246. The van der Waals surface area contributed by atoms with Gasteiger partial charge in [-0.15, -0.1) is 0 Å². The number of carbonyl (C=O) groups is 1. The van der Waals surface area contributed by atoms with Gasteiger partial charge in [-0.05, 0) is 31.2 Å². The van der Waals surface area contributed by atoms with Crippen LogP contribution in [0.25, 0.3) is 11.8 Å². The number of nitrogens with zero attached hydrogens (tertiary/aromatic N) is 4. The van der Waals surface area contributed by atoms with Crippen molar-refractivity contribution in [3.63, 3.8) is 0 Å². The summed E-state index contributed by atoms with van der Waals surface area (Å²) in [7, 11) is 4.34. The Morgan fingerprint density at radius 3 is 2.35 bits per heavy atom. The van der Waals surface area contributed by atoms with Crippen LogP contribution in [0.4, 0.5) is 11.4 Å². The molecule has 0 aliphatic rings. The number of carbonyl (C=O) groups excluding carboxylic acids is 1. The number of methoxy groups -OCH3 is 2. The number of aromatic nitrogens is 2. The molecule has 1 N–H and O–H groups in total. The van der Waals surface area contributed by atoms with E-state index >= 15 is 0 Å². The Bertz CT molecular complexity index is 1400. The number of ether oxygens (including phenoxy) is 2. The lowest BCUT2D eigenvalue weighted by molar-refractivity contribution is -0.385. The van der Waals surface area contributed by atoms with Gasteiger partial charge in [-0.1, -0.05) is 18.2 Å². The molecule has 34 heavy (non-hydrogen) atoms. The Morgan fingerprint density at radius 1 is 1.18 bits per heavy atom. The number of nitro benzene ring substituents is 1. The van der Waals surface area contributed by atoms with Crippen LogP contribution in [-0.2, 0) is 11.8 Å². The van der Waals surface area contributed by atoms with Crippen LogP contribution in [0.5, 0.6) is 11.5 Å². The molecule has 0 bridgehead atoms. The molecule has 11 nitrogen and oxygen atoms in total. The largest absolute Gasteiger partial charge is 0.493 e. The van der Waals surface area contributed by atoms with E-state index in [0.29, 0.717) is 11.4 Å². The van der Waals surface area contributed by atoms with Gasteiger partial charge < -0.3 is 14.8 Å². The summed E-state index contributed by atoms with van der Waals surface area (Å²) >= 11 is 0. The number of nitriles is 1. The summed E-state index contributed by atoms with van der Waals surface area (Å²) in [5, 5.41) is 23.6. The second-order valence-corrected chi connectivity index (χ2v) is 7.08. The highest BCUT2D eigenvalue weighted by Crippen LogP contribution is 2.35. The molecule has 3 rings (SSSR count). The van der Waals surface area contributed by atoms with Crippen molar-refractivity contribution in [1.82, 2.24) is 9.36 Å². The zero-order chi connectivity index (χ0) is 25.0. The number of hydrogen-bond acceptors (Lipinski definition) is 7. The molecule has 1 heterocycles. The third-order valence-corrected chi connectivity index (χ3v) is 5.19. The Labute approximate surface area is 194 Å². The van der Waals surface area contributed by atoms with E-state index in [-0.39, 0.29) is 28.4 Å². The minimum atomic E-state index is -0.891. The molecule has 0 radical (unpaired) electrons. The predicted octanol–water partition coefficient (Wildman–Crippen LogP) is 2.96. The van der Waals surface area contributed by atoms with E-state index < -0.39 is 22.0 Å². The number of rotatable bonds is 7. The maximum atomic E-state index is 13.0. The van der Waals surface area contributed by atoms with Crippen molar-refractivity contribution in [2.24, 2.45) is 7.05 Å². The second kappa shape index (κ2) is 9.74. The van der Waals surface area contributed by atoms with Crippen LogP contribution < -0.4 is 20.3 Å². The van der Waals surface area contributed by atoms with Gasteiger partial charge in [0.2, 0.25) is 0 Å². The van der Waals surface area contributed by atoms with Crippen molar-refractivity contribution < 1.29 is 19.2 Å². The molecular weight excluding hydrogens is 442 g/mol. The van der Waals surface area contributed by atoms with Gasteiger partial charge in [0.1, 0.15) is 17.3 Å². The maximum Gasteiger partial charge on any atom is 0.295 e. The summed E-state index contributed by atoms with van der Waals surface area (Å²) in [6.45, 7) is 1.64. The van der Waals surface area contributed by atoms with Gasteiger partial charge >= 0.3 is 0 Å². The average molecular weight is 463 g/mol. The lowest BCUT2D eigenvalue weighted by atomic mass is 10.1. The van der Waals surface area contributed by atoms with E-state index in [0.717, 1.165) is 12.1 Å². The van der Waals surface area contributed by atoms with Crippen LogP contribution in [0.3, 0.4) is 0 Å². The number of nitrogens with one attached hydrogen (secondary N) is 1. The van der Waals surface area contributed by atoms with Crippen molar-refractivity contribution in [3.05, 3.63) is 79.8 Å². The van der Waals surface area contributed by atoms with E-state index in [1.807, 2.05) is 6.07 Å². The van der Waals surface area contributed by atoms with Gasteiger partial charge in [-0.25, -0.2) is 4.68 Å². The summed E-state index contributed by atoms with van der Waals surface area (Å²) in [4.78, 5) is 36.8. The molecule has 0 saturated heterocycles. The van der Waals surface area contributed by atoms with E-state index in [2.05, 4.69) is 5.32 Å². The predicted molar refractivity (Wildman–Crippen MR) is 124 cm³/mol. The number of para-hydroxylation sites is 1. The minimum Gasteiger partial charge on any atom is -0.493 e. The topological polar surface area (TPSA) is 141 Å². The molecule has 1 amide bonds. The van der Waals surface area contributed by atoms with Crippen LogP contribution in [0, 0.1) is 28.4 Å². The van der Waals surface area contributed by atoms with Crippen LogP contribution >= 0.6 is 0 Å². The Morgan fingerprint density at radius 2 is 1.79 bits per heavy atom. The van der Waals surface area contributed by atoms with Crippen LogP contribution in [0.1, 0.15) is 11.3 Å². The minimum absolute atomic E-state index is 0.0145. The van der Waals surface area contributed by atoms with Crippen molar-refractivity contribution in [2.45, 2.75) is 6.92 Å². The fraction of sp³-hybridized carbons (Fsp3) is 0.174. The van der Waals surface area contributed by atoms with Crippen molar-refractivity contribution in [3.8, 4) is 23.3 Å². The monoisotopic (exact) mass is 463 g/mol. The summed E-state index contributed by atoms with van der Waals surface area (Å²) in [6.07, 6.45) is 1.06. The Balaban J connectivity index is 2.04. The van der Waals surface area contributed by atoms with Gasteiger partial charge in [0.15, 0.2) is 11.5 Å². The van der Waals surface area contributed by atoms with E-state index in [4.69, 9.17) is 9.47 Å². The molecule has 0 aliphatic carbocycles. The molecule has 2 aromatic carbocycles. The van der Waals surface area contributed by atoms with Crippen LogP contribution in [0.15, 0.2) is 52.8 Å². The number of hydrogen-bond donors (Lipinski definition) is 1. The molecule has 1 aromatic heterocycles. The summed E-state index contributed by atoms with van der Waals surface area (Å²) in [5.41, 5.74) is -0.328.